The van der Waals surface area contributed by atoms with Crippen LogP contribution in [0.1, 0.15) is 70.0 Å². The van der Waals surface area contributed by atoms with Crippen LogP contribution < -0.4 is 4.74 Å². The van der Waals surface area contributed by atoms with Crippen molar-refractivity contribution in [1.82, 2.24) is 9.80 Å². The van der Waals surface area contributed by atoms with E-state index in [2.05, 4.69) is 18.7 Å². The van der Waals surface area contributed by atoms with Gasteiger partial charge < -0.3 is 24.7 Å². The summed E-state index contributed by atoms with van der Waals surface area (Å²) in [7, 11) is 0. The van der Waals surface area contributed by atoms with Crippen LogP contribution in [0.25, 0.3) is 5.76 Å². The van der Waals surface area contributed by atoms with Crippen molar-refractivity contribution in [2.24, 2.45) is 0 Å². The van der Waals surface area contributed by atoms with Crippen molar-refractivity contribution in [1.29, 1.82) is 0 Å². The normalized spacial score (nSPS) is 17.1. The summed E-state index contributed by atoms with van der Waals surface area (Å²) in [6.07, 6.45) is 5.20. The molecule has 1 aliphatic rings. The van der Waals surface area contributed by atoms with Gasteiger partial charge in [0.1, 0.15) is 5.76 Å². The number of ether oxygens (including phenoxy) is 1. The SMILES string of the molecule is CCCCN(CCCC)CCCN1C(=O)C(=O)/C(=C(/O)c2ccccc2)C1c1ccc(O)c(OCC)c1. The van der Waals surface area contributed by atoms with Gasteiger partial charge in [-0.15, -0.1) is 0 Å². The number of amides is 1. The molecule has 2 aromatic carbocycles. The Morgan fingerprint density at radius 2 is 1.59 bits per heavy atom. The van der Waals surface area contributed by atoms with Gasteiger partial charge in [0.05, 0.1) is 18.2 Å². The summed E-state index contributed by atoms with van der Waals surface area (Å²) >= 11 is 0. The third kappa shape index (κ3) is 6.92. The molecule has 1 amide bonds. The molecule has 1 atom stereocenters. The topological polar surface area (TPSA) is 90.3 Å². The molecule has 7 nitrogen and oxygen atoms in total. The Labute approximate surface area is 220 Å². The van der Waals surface area contributed by atoms with E-state index < -0.39 is 17.7 Å². The van der Waals surface area contributed by atoms with E-state index in [9.17, 15) is 19.8 Å². The lowest BCUT2D eigenvalue weighted by molar-refractivity contribution is -0.140. The number of carbonyl (C=O) groups excluding carboxylic acids is 2. The average Bonchev–Trinajstić information content (AvgIpc) is 3.16. The van der Waals surface area contributed by atoms with Crippen LogP contribution in [0.5, 0.6) is 11.5 Å². The Bertz CT molecular complexity index is 1070. The maximum Gasteiger partial charge on any atom is 0.295 e. The number of benzene rings is 2. The molecular formula is C30H40N2O5. The van der Waals surface area contributed by atoms with E-state index in [1.165, 1.54) is 6.07 Å². The van der Waals surface area contributed by atoms with E-state index in [0.29, 0.717) is 30.7 Å². The van der Waals surface area contributed by atoms with Gasteiger partial charge in [-0.3, -0.25) is 9.59 Å². The first kappa shape index (κ1) is 28.3. The van der Waals surface area contributed by atoms with Gasteiger partial charge in [-0.1, -0.05) is 63.1 Å². The van der Waals surface area contributed by atoms with E-state index in [1.807, 2.05) is 13.0 Å². The summed E-state index contributed by atoms with van der Waals surface area (Å²) in [5.41, 5.74) is 1.13. The summed E-state index contributed by atoms with van der Waals surface area (Å²) in [6.45, 7) is 9.76. The molecule has 1 unspecified atom stereocenters. The molecular weight excluding hydrogens is 468 g/mol. The molecule has 1 aliphatic heterocycles. The number of carbonyl (C=O) groups is 2. The summed E-state index contributed by atoms with van der Waals surface area (Å²) in [6, 6.07) is 12.8. The lowest BCUT2D eigenvalue weighted by Crippen LogP contribution is -2.34. The number of Topliss-reactive ketones (excluding diaryl/α,β-unsaturated/α-hetero) is 1. The zero-order valence-electron chi connectivity index (χ0n) is 22.3. The van der Waals surface area contributed by atoms with Gasteiger partial charge in [0, 0.05) is 12.1 Å². The Hall–Kier alpha value is -3.32. The second kappa shape index (κ2) is 13.8. The van der Waals surface area contributed by atoms with Crippen LogP contribution in [0.15, 0.2) is 54.1 Å². The molecule has 0 aliphatic carbocycles. The lowest BCUT2D eigenvalue weighted by atomic mass is 9.95. The quantitative estimate of drug-likeness (QED) is 0.199. The number of aliphatic hydroxyl groups excluding tert-OH is 1. The number of nitrogens with zero attached hydrogens (tertiary/aromatic N) is 2. The Kier molecular flexibility index (Phi) is 10.6. The van der Waals surface area contributed by atoms with Crippen molar-refractivity contribution >= 4 is 17.4 Å². The summed E-state index contributed by atoms with van der Waals surface area (Å²) in [4.78, 5) is 30.5. The highest BCUT2D eigenvalue weighted by molar-refractivity contribution is 6.46. The fraction of sp³-hybridized carbons (Fsp3) is 0.467. The van der Waals surface area contributed by atoms with Crippen LogP contribution in [-0.2, 0) is 9.59 Å². The highest BCUT2D eigenvalue weighted by Crippen LogP contribution is 2.41. The first-order valence-corrected chi connectivity index (χ1v) is 13.4. The highest BCUT2D eigenvalue weighted by Gasteiger charge is 2.46. The molecule has 37 heavy (non-hydrogen) atoms. The molecule has 1 fully saturated rings. The maximum atomic E-state index is 13.3. The van der Waals surface area contributed by atoms with E-state index in [-0.39, 0.29) is 22.8 Å². The summed E-state index contributed by atoms with van der Waals surface area (Å²) < 4.78 is 5.57. The van der Waals surface area contributed by atoms with Crippen molar-refractivity contribution in [3.8, 4) is 11.5 Å². The first-order valence-electron chi connectivity index (χ1n) is 13.4. The second-order valence-corrected chi connectivity index (χ2v) is 9.42. The number of aromatic hydroxyl groups is 1. The van der Waals surface area contributed by atoms with Gasteiger partial charge in [-0.05, 0) is 63.5 Å². The Morgan fingerprint density at radius 1 is 0.946 bits per heavy atom. The molecule has 0 saturated carbocycles. The number of phenolic OH excluding ortho intramolecular Hbond substituents is 1. The first-order chi connectivity index (χ1) is 17.9. The average molecular weight is 509 g/mol. The molecule has 0 aromatic heterocycles. The molecule has 1 heterocycles. The zero-order chi connectivity index (χ0) is 26.8. The number of hydrogen-bond acceptors (Lipinski definition) is 6. The number of likely N-dealkylation sites (tertiary alicyclic amines) is 1. The van der Waals surface area contributed by atoms with Gasteiger partial charge >= 0.3 is 0 Å². The third-order valence-electron chi connectivity index (χ3n) is 6.72. The summed E-state index contributed by atoms with van der Waals surface area (Å²) in [5, 5.41) is 21.4. The van der Waals surface area contributed by atoms with E-state index in [0.717, 1.165) is 45.3 Å². The molecule has 200 valence electrons. The largest absolute Gasteiger partial charge is 0.507 e. The van der Waals surface area contributed by atoms with E-state index in [4.69, 9.17) is 4.74 Å². The van der Waals surface area contributed by atoms with Gasteiger partial charge in [0.25, 0.3) is 11.7 Å². The van der Waals surface area contributed by atoms with Crippen molar-refractivity contribution in [2.45, 2.75) is 58.9 Å². The van der Waals surface area contributed by atoms with Gasteiger partial charge in [0.2, 0.25) is 0 Å². The number of unbranched alkanes of at least 4 members (excludes halogenated alkanes) is 2. The minimum atomic E-state index is -0.778. The number of phenols is 1. The molecule has 0 radical (unpaired) electrons. The predicted molar refractivity (Wildman–Crippen MR) is 146 cm³/mol. The van der Waals surface area contributed by atoms with Crippen LogP contribution in [0.3, 0.4) is 0 Å². The van der Waals surface area contributed by atoms with Crippen molar-refractivity contribution in [3.05, 3.63) is 65.2 Å². The molecule has 0 spiro atoms. The molecule has 7 heteroatoms. The molecule has 2 N–H and O–H groups in total. The minimum absolute atomic E-state index is 0.0203. The van der Waals surface area contributed by atoms with Gasteiger partial charge in [-0.2, -0.15) is 0 Å². The number of ketones is 1. The Morgan fingerprint density at radius 3 is 2.22 bits per heavy atom. The fourth-order valence-corrected chi connectivity index (χ4v) is 4.74. The molecule has 2 aromatic rings. The smallest absolute Gasteiger partial charge is 0.295 e. The fourth-order valence-electron chi connectivity index (χ4n) is 4.74. The standard InChI is InChI=1S/C30H40N2O5/c1-4-7-17-31(18-8-5-2)19-12-20-32-27(23-15-16-24(33)25(21-23)37-6-3)26(29(35)30(32)36)28(34)22-13-10-9-11-14-22/h9-11,13-16,21,27,33-34H,4-8,12,17-20H2,1-3H3/b28-26+. The highest BCUT2D eigenvalue weighted by atomic mass is 16.5. The number of rotatable bonds is 14. The molecule has 0 bridgehead atoms. The van der Waals surface area contributed by atoms with Crippen molar-refractivity contribution in [3.63, 3.8) is 0 Å². The van der Waals surface area contributed by atoms with E-state index >= 15 is 0 Å². The van der Waals surface area contributed by atoms with E-state index in [1.54, 1.807) is 41.3 Å². The van der Waals surface area contributed by atoms with Crippen LogP contribution in [0.4, 0.5) is 0 Å². The Balaban J connectivity index is 1.96. The van der Waals surface area contributed by atoms with Crippen LogP contribution in [0.2, 0.25) is 0 Å². The second-order valence-electron chi connectivity index (χ2n) is 9.42. The van der Waals surface area contributed by atoms with Crippen molar-refractivity contribution in [2.75, 3.05) is 32.8 Å². The van der Waals surface area contributed by atoms with Crippen LogP contribution >= 0.6 is 0 Å². The van der Waals surface area contributed by atoms with Crippen molar-refractivity contribution < 1.29 is 24.5 Å². The predicted octanol–water partition coefficient (Wildman–Crippen LogP) is 5.50. The van der Waals surface area contributed by atoms with Gasteiger partial charge in [0.15, 0.2) is 11.5 Å². The number of hydrogen-bond donors (Lipinski definition) is 2. The minimum Gasteiger partial charge on any atom is -0.507 e. The zero-order valence-corrected chi connectivity index (χ0v) is 22.3. The van der Waals surface area contributed by atoms with Crippen LogP contribution in [0, 0.1) is 0 Å². The molecule has 1 saturated heterocycles. The van der Waals surface area contributed by atoms with Gasteiger partial charge in [-0.25, -0.2) is 0 Å². The monoisotopic (exact) mass is 508 g/mol. The molecule has 3 rings (SSSR count). The maximum absolute atomic E-state index is 13.3. The lowest BCUT2D eigenvalue weighted by Gasteiger charge is -2.28. The summed E-state index contributed by atoms with van der Waals surface area (Å²) in [5.74, 6) is -1.28. The number of aliphatic hydroxyl groups is 1. The third-order valence-corrected chi connectivity index (χ3v) is 6.72. The van der Waals surface area contributed by atoms with Crippen LogP contribution in [-0.4, -0.2) is 64.5 Å².